The highest BCUT2D eigenvalue weighted by atomic mass is 16.1. The Morgan fingerprint density at radius 1 is 0.955 bits per heavy atom. The maximum atomic E-state index is 12.8. The van der Waals surface area contributed by atoms with Gasteiger partial charge >= 0.3 is 0 Å². The zero-order valence-corrected chi connectivity index (χ0v) is 28.8. The van der Waals surface area contributed by atoms with Crippen LogP contribution in [0.1, 0.15) is 116 Å². The van der Waals surface area contributed by atoms with Gasteiger partial charge in [-0.25, -0.2) is 0 Å². The smallest absolute Gasteiger partial charge is 0.220 e. The molecule has 4 aliphatic rings. The van der Waals surface area contributed by atoms with Crippen molar-refractivity contribution in [1.29, 1.82) is 0 Å². The van der Waals surface area contributed by atoms with Gasteiger partial charge < -0.3 is 21.3 Å². The maximum absolute atomic E-state index is 12.8. The van der Waals surface area contributed by atoms with Crippen molar-refractivity contribution in [2.75, 3.05) is 33.2 Å². The average molecular weight is 607 g/mol. The van der Waals surface area contributed by atoms with Crippen LogP contribution in [0.5, 0.6) is 0 Å². The Morgan fingerprint density at radius 3 is 2.50 bits per heavy atom. The van der Waals surface area contributed by atoms with Gasteiger partial charge in [0, 0.05) is 18.5 Å². The van der Waals surface area contributed by atoms with Gasteiger partial charge in [-0.3, -0.25) is 4.79 Å². The van der Waals surface area contributed by atoms with Gasteiger partial charge in [0.25, 0.3) is 0 Å². The highest BCUT2D eigenvalue weighted by molar-refractivity contribution is 5.76. The molecule has 9 unspecified atom stereocenters. The molecule has 9 atom stereocenters. The van der Waals surface area contributed by atoms with Crippen LogP contribution >= 0.6 is 0 Å². The summed E-state index contributed by atoms with van der Waals surface area (Å²) >= 11 is 0. The summed E-state index contributed by atoms with van der Waals surface area (Å²) in [7, 11) is 2.23. The molecule has 44 heavy (non-hydrogen) atoms. The molecule has 0 spiro atoms. The molecule has 4 N–H and O–H groups in total. The molecule has 248 valence electrons. The second-order valence-electron chi connectivity index (χ2n) is 16.3. The van der Waals surface area contributed by atoms with Crippen molar-refractivity contribution in [1.82, 2.24) is 15.5 Å². The number of nitrogens with zero attached hydrogens (tertiary/aromatic N) is 1. The molecule has 4 saturated carbocycles. The number of rotatable bonds is 15. The highest BCUT2D eigenvalue weighted by Crippen LogP contribution is 2.67. The number of benzene rings is 1. The summed E-state index contributed by atoms with van der Waals surface area (Å²) in [5.74, 6) is 4.75. The van der Waals surface area contributed by atoms with Crippen molar-refractivity contribution in [2.24, 2.45) is 46.2 Å². The largest absolute Gasteiger partial charge is 0.353 e. The molecule has 0 bridgehead atoms. The number of amides is 1. The molecule has 0 saturated heterocycles. The normalized spacial score (nSPS) is 35.5. The summed E-state index contributed by atoms with van der Waals surface area (Å²) in [5, 5.41) is 7.24. The van der Waals surface area contributed by atoms with Gasteiger partial charge in [-0.05, 0) is 176 Å². The van der Waals surface area contributed by atoms with E-state index in [0.717, 1.165) is 74.5 Å². The predicted octanol–water partition coefficient (Wildman–Crippen LogP) is 7.19. The lowest BCUT2D eigenvalue weighted by atomic mass is 9.44. The molecule has 0 heterocycles. The molecular formula is C39H66N4O. The molecule has 5 rings (SSSR count). The topological polar surface area (TPSA) is 70.4 Å². The van der Waals surface area contributed by atoms with Crippen LogP contribution in [0.4, 0.5) is 0 Å². The van der Waals surface area contributed by atoms with E-state index in [9.17, 15) is 4.79 Å². The van der Waals surface area contributed by atoms with Crippen LogP contribution in [0.15, 0.2) is 30.3 Å². The van der Waals surface area contributed by atoms with Crippen molar-refractivity contribution in [3.8, 4) is 0 Å². The number of nitrogens with two attached hydrogens (primary N) is 1. The molecule has 5 nitrogen and oxygen atoms in total. The molecule has 4 fully saturated rings. The first kappa shape index (κ1) is 33.9. The molecule has 4 aliphatic carbocycles. The van der Waals surface area contributed by atoms with Gasteiger partial charge in [0.05, 0.1) is 0 Å². The lowest BCUT2D eigenvalue weighted by molar-refractivity contribution is -0.122. The number of fused-ring (bicyclic) bond motifs is 5. The SMILES string of the molecule is CC(Cc1ccccc1)NC(=O)CCCC1CCC2C3CCC4CC(NCCCN(C)CCCN)CCC4(C)C3CCC12C. The van der Waals surface area contributed by atoms with Crippen molar-refractivity contribution >= 4 is 5.91 Å². The van der Waals surface area contributed by atoms with Crippen molar-refractivity contribution in [3.63, 3.8) is 0 Å². The summed E-state index contributed by atoms with van der Waals surface area (Å²) in [6, 6.07) is 11.4. The van der Waals surface area contributed by atoms with Crippen molar-refractivity contribution in [2.45, 2.75) is 129 Å². The summed E-state index contributed by atoms with van der Waals surface area (Å²) < 4.78 is 0. The maximum Gasteiger partial charge on any atom is 0.220 e. The minimum absolute atomic E-state index is 0.189. The molecule has 1 aromatic rings. The Morgan fingerprint density at radius 2 is 1.70 bits per heavy atom. The van der Waals surface area contributed by atoms with Gasteiger partial charge in [0.15, 0.2) is 0 Å². The second kappa shape index (κ2) is 15.4. The van der Waals surface area contributed by atoms with Crippen LogP contribution in [0, 0.1) is 40.4 Å². The third-order valence-corrected chi connectivity index (χ3v) is 13.5. The number of carbonyl (C=O) groups excluding carboxylic acids is 1. The third-order valence-electron chi connectivity index (χ3n) is 13.5. The van der Waals surface area contributed by atoms with E-state index < -0.39 is 0 Å². The standard InChI is InChI=1S/C39H66N4O/c1-29(27-30-11-6-5-7-12-30)42-37(44)14-8-13-31-16-18-35-34-17-15-32-28-33(41-24-10-26-43(4)25-9-23-40)19-21-39(32,3)36(34)20-22-38(31,35)2/h5-7,11-12,29,31-36,41H,8-10,13-28,40H2,1-4H3,(H,42,44). The average Bonchev–Trinajstić information content (AvgIpc) is 3.34. The first-order chi connectivity index (χ1) is 21.2. The van der Waals surface area contributed by atoms with E-state index >= 15 is 0 Å². The van der Waals surface area contributed by atoms with Crippen LogP contribution in [0.3, 0.4) is 0 Å². The Balaban J connectivity index is 1.05. The monoisotopic (exact) mass is 607 g/mol. The van der Waals surface area contributed by atoms with E-state index in [1.807, 2.05) is 0 Å². The van der Waals surface area contributed by atoms with E-state index in [4.69, 9.17) is 5.73 Å². The summed E-state index contributed by atoms with van der Waals surface area (Å²) in [5.41, 5.74) is 8.02. The molecule has 0 radical (unpaired) electrons. The van der Waals surface area contributed by atoms with Gasteiger partial charge in [0.1, 0.15) is 0 Å². The van der Waals surface area contributed by atoms with E-state index in [-0.39, 0.29) is 11.9 Å². The van der Waals surface area contributed by atoms with E-state index in [0.29, 0.717) is 17.3 Å². The quantitative estimate of drug-likeness (QED) is 0.185. The van der Waals surface area contributed by atoms with Crippen molar-refractivity contribution in [3.05, 3.63) is 35.9 Å². The third kappa shape index (κ3) is 7.92. The number of hydrogen-bond acceptors (Lipinski definition) is 4. The number of nitrogens with one attached hydrogen (secondary N) is 2. The zero-order valence-electron chi connectivity index (χ0n) is 28.8. The minimum Gasteiger partial charge on any atom is -0.353 e. The molecular weight excluding hydrogens is 540 g/mol. The fraction of sp³-hybridized carbons (Fsp3) is 0.821. The van der Waals surface area contributed by atoms with Gasteiger partial charge in [-0.15, -0.1) is 0 Å². The van der Waals surface area contributed by atoms with E-state index in [1.165, 1.54) is 82.7 Å². The summed E-state index contributed by atoms with van der Waals surface area (Å²) in [6.45, 7) is 11.8. The Kier molecular flexibility index (Phi) is 11.9. The highest BCUT2D eigenvalue weighted by Gasteiger charge is 2.59. The first-order valence-corrected chi connectivity index (χ1v) is 18.7. The number of carbonyl (C=O) groups is 1. The van der Waals surface area contributed by atoms with Gasteiger partial charge in [-0.2, -0.15) is 0 Å². The fourth-order valence-electron chi connectivity index (χ4n) is 11.0. The van der Waals surface area contributed by atoms with Crippen LogP contribution in [0.2, 0.25) is 0 Å². The molecule has 1 aromatic carbocycles. The van der Waals surface area contributed by atoms with Crippen LogP contribution in [-0.4, -0.2) is 56.1 Å². The minimum atomic E-state index is 0.189. The van der Waals surface area contributed by atoms with Crippen LogP contribution in [0.25, 0.3) is 0 Å². The summed E-state index contributed by atoms with van der Waals surface area (Å²) in [6.07, 6.45) is 19.0. The molecule has 0 aliphatic heterocycles. The lowest BCUT2D eigenvalue weighted by Gasteiger charge is -2.61. The van der Waals surface area contributed by atoms with Gasteiger partial charge in [0.2, 0.25) is 5.91 Å². The van der Waals surface area contributed by atoms with E-state index in [2.05, 4.69) is 73.7 Å². The Hall–Kier alpha value is -1.43. The molecule has 1 amide bonds. The second-order valence-corrected chi connectivity index (χ2v) is 16.3. The van der Waals surface area contributed by atoms with Crippen LogP contribution < -0.4 is 16.4 Å². The molecule has 5 heteroatoms. The number of hydrogen-bond donors (Lipinski definition) is 3. The Bertz CT molecular complexity index is 1030. The zero-order chi connectivity index (χ0) is 31.2. The lowest BCUT2D eigenvalue weighted by Crippen LogP contribution is -2.55. The molecule has 0 aromatic heterocycles. The van der Waals surface area contributed by atoms with Crippen LogP contribution in [-0.2, 0) is 11.2 Å². The van der Waals surface area contributed by atoms with Crippen molar-refractivity contribution < 1.29 is 4.79 Å². The van der Waals surface area contributed by atoms with E-state index in [1.54, 1.807) is 0 Å². The van der Waals surface area contributed by atoms with Gasteiger partial charge in [-0.1, -0.05) is 44.2 Å². The first-order valence-electron chi connectivity index (χ1n) is 18.7. The Labute approximate surface area is 270 Å². The predicted molar refractivity (Wildman–Crippen MR) is 184 cm³/mol. The fourth-order valence-corrected chi connectivity index (χ4v) is 11.0. The summed E-state index contributed by atoms with van der Waals surface area (Å²) in [4.78, 5) is 15.2.